The van der Waals surface area contributed by atoms with E-state index in [1.165, 1.54) is 4.68 Å². The average molecular weight is 282 g/mol. The van der Waals surface area contributed by atoms with Crippen molar-refractivity contribution in [3.8, 4) is 0 Å². The van der Waals surface area contributed by atoms with E-state index in [1.54, 1.807) is 7.05 Å². The number of nitrogens with zero attached hydrogens (tertiary/aromatic N) is 2. The van der Waals surface area contributed by atoms with Gasteiger partial charge in [-0.2, -0.15) is 5.10 Å². The molecule has 5 nitrogen and oxygen atoms in total. The van der Waals surface area contributed by atoms with Gasteiger partial charge < -0.3 is 0 Å². The highest BCUT2D eigenvalue weighted by atomic mass is 79.9. The molecule has 80 valence electrons. The van der Waals surface area contributed by atoms with Crippen LogP contribution in [0.4, 0.5) is 5.82 Å². The predicted molar refractivity (Wildman–Crippen MR) is 59.0 cm³/mol. The number of rotatable bonds is 3. The van der Waals surface area contributed by atoms with Crippen LogP contribution in [-0.4, -0.2) is 22.9 Å². The van der Waals surface area contributed by atoms with Crippen molar-refractivity contribution in [1.29, 1.82) is 0 Å². The molecule has 7 heteroatoms. The van der Waals surface area contributed by atoms with Crippen molar-refractivity contribution in [2.75, 3.05) is 9.38 Å². The van der Waals surface area contributed by atoms with Crippen molar-refractivity contribution < 1.29 is 8.42 Å². The first-order chi connectivity index (χ1) is 6.37. The van der Waals surface area contributed by atoms with Crippen LogP contribution in [0.5, 0.6) is 0 Å². The van der Waals surface area contributed by atoms with E-state index in [0.717, 1.165) is 11.3 Å². The Hall–Kier alpha value is -0.560. The minimum absolute atomic E-state index is 0.121. The van der Waals surface area contributed by atoms with Gasteiger partial charge >= 0.3 is 0 Å². The van der Waals surface area contributed by atoms with Crippen LogP contribution in [0.1, 0.15) is 11.3 Å². The topological polar surface area (TPSA) is 64.0 Å². The first-order valence-corrected chi connectivity index (χ1v) is 6.71. The molecule has 0 amide bonds. The molecule has 0 aliphatic carbocycles. The van der Waals surface area contributed by atoms with Crippen LogP contribution in [-0.2, 0) is 17.1 Å². The highest BCUT2D eigenvalue weighted by Gasteiger charge is 2.14. The Labute approximate surface area is 91.7 Å². The first-order valence-electron chi connectivity index (χ1n) is 3.94. The zero-order valence-electron chi connectivity index (χ0n) is 8.20. The predicted octanol–water partition coefficient (Wildman–Crippen LogP) is 1.13. The Morgan fingerprint density at radius 3 is 2.43 bits per heavy atom. The number of alkyl halides is 1. The monoisotopic (exact) mass is 281 g/mol. The van der Waals surface area contributed by atoms with E-state index in [2.05, 4.69) is 25.8 Å². The lowest BCUT2D eigenvalue weighted by Crippen LogP contribution is -2.16. The molecule has 0 bridgehead atoms. The SMILES string of the molecule is Cc1nn(C)c(NS(=O)(=O)CBr)c1C. The molecule has 0 saturated heterocycles. The Morgan fingerprint density at radius 2 is 2.07 bits per heavy atom. The lowest BCUT2D eigenvalue weighted by atomic mass is 10.3. The third-order valence-corrected chi connectivity index (χ3v) is 4.52. The van der Waals surface area contributed by atoms with E-state index >= 15 is 0 Å². The van der Waals surface area contributed by atoms with E-state index < -0.39 is 10.0 Å². The third-order valence-electron chi connectivity index (χ3n) is 1.92. The highest BCUT2D eigenvalue weighted by Crippen LogP contribution is 2.18. The third kappa shape index (κ3) is 2.27. The van der Waals surface area contributed by atoms with E-state index in [9.17, 15) is 8.42 Å². The molecule has 0 spiro atoms. The first kappa shape index (κ1) is 11.5. The Bertz CT molecular complexity index is 438. The summed E-state index contributed by atoms with van der Waals surface area (Å²) in [5.74, 6) is 0.516. The van der Waals surface area contributed by atoms with E-state index in [1.807, 2.05) is 13.8 Å². The second kappa shape index (κ2) is 3.90. The average Bonchev–Trinajstić information content (AvgIpc) is 2.32. The highest BCUT2D eigenvalue weighted by molar-refractivity contribution is 9.10. The maximum absolute atomic E-state index is 11.3. The van der Waals surface area contributed by atoms with E-state index in [-0.39, 0.29) is 4.66 Å². The summed E-state index contributed by atoms with van der Waals surface area (Å²) in [7, 11) is -1.60. The number of anilines is 1. The molecule has 0 atom stereocenters. The van der Waals surface area contributed by atoms with Crippen molar-refractivity contribution in [3.05, 3.63) is 11.3 Å². The fourth-order valence-corrected chi connectivity index (χ4v) is 2.06. The van der Waals surface area contributed by atoms with Crippen molar-refractivity contribution in [1.82, 2.24) is 9.78 Å². The molecule has 1 aromatic rings. The van der Waals surface area contributed by atoms with Crippen LogP contribution in [0, 0.1) is 13.8 Å². The molecule has 0 aliphatic rings. The minimum atomic E-state index is -3.30. The molecule has 0 aromatic carbocycles. The van der Waals surface area contributed by atoms with Gasteiger partial charge in [0, 0.05) is 12.6 Å². The number of aromatic nitrogens is 2. The smallest absolute Gasteiger partial charge is 0.243 e. The summed E-state index contributed by atoms with van der Waals surface area (Å²) in [5.41, 5.74) is 1.66. The summed E-state index contributed by atoms with van der Waals surface area (Å²) >= 11 is 2.90. The van der Waals surface area contributed by atoms with Crippen molar-refractivity contribution in [2.45, 2.75) is 13.8 Å². The van der Waals surface area contributed by atoms with Crippen molar-refractivity contribution >= 4 is 31.8 Å². The van der Waals surface area contributed by atoms with Gasteiger partial charge in [0.15, 0.2) is 0 Å². The molecule has 1 N–H and O–H groups in total. The number of halogens is 1. The van der Waals surface area contributed by atoms with Crippen LogP contribution in [0.25, 0.3) is 0 Å². The molecular formula is C7H12BrN3O2S. The Morgan fingerprint density at radius 1 is 1.50 bits per heavy atom. The van der Waals surface area contributed by atoms with Crippen LogP contribution in [0.3, 0.4) is 0 Å². The van der Waals surface area contributed by atoms with Crippen molar-refractivity contribution in [2.24, 2.45) is 7.05 Å². The van der Waals surface area contributed by atoms with E-state index in [0.29, 0.717) is 5.82 Å². The maximum atomic E-state index is 11.3. The molecule has 1 aromatic heterocycles. The van der Waals surface area contributed by atoms with Crippen molar-refractivity contribution in [3.63, 3.8) is 0 Å². The maximum Gasteiger partial charge on any atom is 0.243 e. The summed E-state index contributed by atoms with van der Waals surface area (Å²) in [6.45, 7) is 3.66. The van der Waals surface area contributed by atoms with Crippen LogP contribution >= 0.6 is 15.9 Å². The van der Waals surface area contributed by atoms with E-state index in [4.69, 9.17) is 0 Å². The summed E-state index contributed by atoms with van der Waals surface area (Å²) in [5, 5.41) is 4.10. The number of hydrogen-bond donors (Lipinski definition) is 1. The largest absolute Gasteiger partial charge is 0.267 e. The normalized spacial score (nSPS) is 11.7. The zero-order valence-corrected chi connectivity index (χ0v) is 10.6. The molecule has 0 aliphatic heterocycles. The fraction of sp³-hybridized carbons (Fsp3) is 0.571. The summed E-state index contributed by atoms with van der Waals surface area (Å²) < 4.78 is 26.4. The van der Waals surface area contributed by atoms with Gasteiger partial charge in [-0.25, -0.2) is 8.42 Å². The number of nitrogens with one attached hydrogen (secondary N) is 1. The molecule has 0 saturated carbocycles. The molecule has 0 fully saturated rings. The summed E-state index contributed by atoms with van der Waals surface area (Å²) in [4.78, 5) is 0. The zero-order chi connectivity index (χ0) is 10.9. The Kier molecular flexibility index (Phi) is 3.20. The molecule has 0 unspecified atom stereocenters. The molecule has 14 heavy (non-hydrogen) atoms. The van der Waals surface area contributed by atoms with Gasteiger partial charge in [0.25, 0.3) is 0 Å². The van der Waals surface area contributed by atoms with Gasteiger partial charge in [-0.1, -0.05) is 15.9 Å². The fourth-order valence-electron chi connectivity index (χ4n) is 1.08. The molecule has 1 rings (SSSR count). The number of aryl methyl sites for hydroxylation is 2. The van der Waals surface area contributed by atoms with Gasteiger partial charge in [-0.15, -0.1) is 0 Å². The Balaban J connectivity index is 3.09. The minimum Gasteiger partial charge on any atom is -0.267 e. The van der Waals surface area contributed by atoms with Gasteiger partial charge in [-0.05, 0) is 13.8 Å². The second-order valence-corrected chi connectivity index (χ2v) is 6.03. The quantitative estimate of drug-likeness (QED) is 0.845. The summed E-state index contributed by atoms with van der Waals surface area (Å²) in [6.07, 6.45) is 0. The van der Waals surface area contributed by atoms with Gasteiger partial charge in [-0.3, -0.25) is 9.40 Å². The van der Waals surface area contributed by atoms with Gasteiger partial charge in [0.05, 0.1) is 5.69 Å². The standard InChI is InChI=1S/C7H12BrN3O2S/c1-5-6(2)9-11(3)7(5)10-14(12,13)4-8/h10H,4H2,1-3H3. The molecule has 0 radical (unpaired) electrons. The number of hydrogen-bond acceptors (Lipinski definition) is 3. The van der Waals surface area contributed by atoms with Crippen LogP contribution in [0.2, 0.25) is 0 Å². The number of sulfonamides is 1. The molecular weight excluding hydrogens is 270 g/mol. The van der Waals surface area contributed by atoms with Crippen LogP contribution < -0.4 is 4.72 Å². The molecule has 1 heterocycles. The lowest BCUT2D eigenvalue weighted by molar-refractivity contribution is 0.605. The second-order valence-electron chi connectivity index (χ2n) is 3.01. The summed E-state index contributed by atoms with van der Waals surface area (Å²) in [6, 6.07) is 0. The van der Waals surface area contributed by atoms with Gasteiger partial charge in [0.2, 0.25) is 10.0 Å². The lowest BCUT2D eigenvalue weighted by Gasteiger charge is -2.06. The van der Waals surface area contributed by atoms with Gasteiger partial charge in [0.1, 0.15) is 10.5 Å². The van der Waals surface area contributed by atoms with Crippen LogP contribution in [0.15, 0.2) is 0 Å².